The molecule has 0 N–H and O–H groups in total. The Morgan fingerprint density at radius 1 is 1.20 bits per heavy atom. The number of sulfone groups is 1. The molecule has 0 aliphatic carbocycles. The molecule has 0 aliphatic rings. The Balaban J connectivity index is 1.85. The summed E-state index contributed by atoms with van der Waals surface area (Å²) in [6.45, 7) is 2.81. The van der Waals surface area contributed by atoms with E-state index >= 15 is 0 Å². The number of thioether (sulfide) groups is 1. The summed E-state index contributed by atoms with van der Waals surface area (Å²) < 4.78 is 40.9. The Hall–Kier alpha value is -1.97. The van der Waals surface area contributed by atoms with Crippen molar-refractivity contribution < 1.29 is 17.6 Å². The van der Waals surface area contributed by atoms with Crippen molar-refractivity contribution >= 4 is 49.1 Å². The minimum atomic E-state index is -3.68. The van der Waals surface area contributed by atoms with Crippen molar-refractivity contribution in [2.75, 3.05) is 17.8 Å². The van der Waals surface area contributed by atoms with Gasteiger partial charge in [-0.25, -0.2) is 12.8 Å². The Bertz CT molecular complexity index is 1210. The molecule has 0 saturated carbocycles. The highest BCUT2D eigenvalue weighted by Gasteiger charge is 2.17. The third kappa shape index (κ3) is 5.39. The predicted molar refractivity (Wildman–Crippen MR) is 121 cm³/mol. The number of aryl methyl sites for hydroxylation is 2. The molecule has 3 rings (SSSR count). The SMILES string of the molecule is CCc1ccc2c(c1)sc(=NC(=O)CCS(=O)(=O)c1ccc(F)cc1)n2CCSC. The molecule has 0 aliphatic heterocycles. The van der Waals surface area contributed by atoms with Crippen LogP contribution in [0, 0.1) is 5.82 Å². The molecule has 160 valence electrons. The lowest BCUT2D eigenvalue weighted by molar-refractivity contribution is -0.117. The second-order valence-corrected chi connectivity index (χ2v) is 10.8. The fraction of sp³-hybridized carbons (Fsp3) is 0.333. The van der Waals surface area contributed by atoms with Gasteiger partial charge in [-0.3, -0.25) is 4.79 Å². The van der Waals surface area contributed by atoms with Gasteiger partial charge >= 0.3 is 0 Å². The van der Waals surface area contributed by atoms with Crippen molar-refractivity contribution in [2.45, 2.75) is 31.2 Å². The molecule has 0 radical (unpaired) electrons. The number of carbonyl (C=O) groups is 1. The monoisotopic (exact) mass is 466 g/mol. The van der Waals surface area contributed by atoms with Gasteiger partial charge in [-0.15, -0.1) is 0 Å². The molecule has 0 unspecified atom stereocenters. The molecule has 2 aromatic carbocycles. The highest BCUT2D eigenvalue weighted by molar-refractivity contribution is 7.98. The van der Waals surface area contributed by atoms with Gasteiger partial charge in [0.05, 0.1) is 20.9 Å². The second kappa shape index (κ2) is 9.89. The van der Waals surface area contributed by atoms with Gasteiger partial charge in [0.2, 0.25) is 5.91 Å². The van der Waals surface area contributed by atoms with Crippen molar-refractivity contribution in [1.29, 1.82) is 0 Å². The Kier molecular flexibility index (Phi) is 7.49. The van der Waals surface area contributed by atoms with Crippen molar-refractivity contribution in [1.82, 2.24) is 4.57 Å². The van der Waals surface area contributed by atoms with E-state index in [2.05, 4.69) is 24.0 Å². The summed E-state index contributed by atoms with van der Waals surface area (Å²) in [5, 5.41) is 0. The molecule has 1 aromatic heterocycles. The predicted octanol–water partition coefficient (Wildman–Crippen LogP) is 4.06. The van der Waals surface area contributed by atoms with E-state index in [9.17, 15) is 17.6 Å². The molecule has 0 bridgehead atoms. The van der Waals surface area contributed by atoms with Crippen LogP contribution in [-0.2, 0) is 27.6 Å². The molecule has 1 amide bonds. The van der Waals surface area contributed by atoms with Crippen LogP contribution in [0.2, 0.25) is 0 Å². The van der Waals surface area contributed by atoms with E-state index in [1.165, 1.54) is 29.0 Å². The quantitative estimate of drug-likeness (QED) is 0.470. The number of amides is 1. The van der Waals surface area contributed by atoms with Crippen molar-refractivity contribution in [3.63, 3.8) is 0 Å². The number of hydrogen-bond acceptors (Lipinski definition) is 5. The van der Waals surface area contributed by atoms with Crippen LogP contribution in [0.4, 0.5) is 4.39 Å². The number of fused-ring (bicyclic) bond motifs is 1. The van der Waals surface area contributed by atoms with Gasteiger partial charge in [0.1, 0.15) is 5.82 Å². The lowest BCUT2D eigenvalue weighted by Crippen LogP contribution is -2.19. The van der Waals surface area contributed by atoms with Crippen molar-refractivity contribution in [3.8, 4) is 0 Å². The number of hydrogen-bond donors (Lipinski definition) is 0. The van der Waals surface area contributed by atoms with Crippen molar-refractivity contribution in [2.24, 2.45) is 4.99 Å². The summed E-state index contributed by atoms with van der Waals surface area (Å²) in [5.74, 6) is -0.482. The first kappa shape index (κ1) is 22.7. The first-order valence-corrected chi connectivity index (χ1v) is 13.4. The highest BCUT2D eigenvalue weighted by atomic mass is 32.2. The number of halogens is 1. The lowest BCUT2D eigenvalue weighted by atomic mass is 10.2. The number of carbonyl (C=O) groups excluding carboxylic acids is 1. The Morgan fingerprint density at radius 2 is 1.93 bits per heavy atom. The number of nitrogens with zero attached hydrogens (tertiary/aromatic N) is 2. The van der Waals surface area contributed by atoms with Gasteiger partial charge < -0.3 is 4.57 Å². The largest absolute Gasteiger partial charge is 0.316 e. The van der Waals surface area contributed by atoms with Crippen molar-refractivity contribution in [3.05, 3.63) is 58.6 Å². The summed E-state index contributed by atoms with van der Waals surface area (Å²) in [4.78, 5) is 17.3. The van der Waals surface area contributed by atoms with Crippen LogP contribution in [-0.4, -0.2) is 36.7 Å². The molecule has 30 heavy (non-hydrogen) atoms. The molecule has 1 heterocycles. The number of benzene rings is 2. The van der Waals surface area contributed by atoms with E-state index in [-0.39, 0.29) is 17.1 Å². The summed E-state index contributed by atoms with van der Waals surface area (Å²) >= 11 is 3.15. The van der Waals surface area contributed by atoms with Gasteiger partial charge in [-0.2, -0.15) is 16.8 Å². The van der Waals surface area contributed by atoms with Crippen LogP contribution >= 0.6 is 23.1 Å². The van der Waals surface area contributed by atoms with Crippen LogP contribution in [0.15, 0.2) is 52.4 Å². The first-order valence-electron chi connectivity index (χ1n) is 9.51. The summed E-state index contributed by atoms with van der Waals surface area (Å²) in [5.41, 5.74) is 2.24. The van der Waals surface area contributed by atoms with Crippen LogP contribution in [0.25, 0.3) is 10.2 Å². The van der Waals surface area contributed by atoms with Gasteiger partial charge in [-0.05, 0) is 54.6 Å². The van der Waals surface area contributed by atoms with Crippen LogP contribution in [0.5, 0.6) is 0 Å². The zero-order valence-electron chi connectivity index (χ0n) is 16.8. The van der Waals surface area contributed by atoms with Gasteiger partial charge in [0.15, 0.2) is 14.6 Å². The molecular weight excluding hydrogens is 443 g/mol. The fourth-order valence-corrected chi connectivity index (χ4v) is 5.70. The van der Waals surface area contributed by atoms with E-state index < -0.39 is 21.6 Å². The third-order valence-corrected chi connectivity index (χ3v) is 8.02. The molecule has 0 saturated heterocycles. The standard InChI is InChI=1S/C21H23FN2O3S3/c1-3-15-4-9-18-19(14-15)29-21(24(18)11-12-28-2)23-20(25)10-13-30(26,27)17-7-5-16(22)6-8-17/h4-9,14H,3,10-13H2,1-2H3. The van der Waals surface area contributed by atoms with Gasteiger partial charge in [-0.1, -0.05) is 24.3 Å². The van der Waals surface area contributed by atoms with E-state index in [1.54, 1.807) is 11.8 Å². The zero-order chi connectivity index (χ0) is 21.7. The molecule has 0 spiro atoms. The minimum absolute atomic E-state index is 0.000640. The van der Waals surface area contributed by atoms with Crippen LogP contribution < -0.4 is 4.80 Å². The zero-order valence-corrected chi connectivity index (χ0v) is 19.2. The van der Waals surface area contributed by atoms with Gasteiger partial charge in [0, 0.05) is 18.7 Å². The highest BCUT2D eigenvalue weighted by Crippen LogP contribution is 2.20. The van der Waals surface area contributed by atoms with E-state index in [0.717, 1.165) is 34.5 Å². The Morgan fingerprint density at radius 3 is 2.60 bits per heavy atom. The van der Waals surface area contributed by atoms with E-state index in [0.29, 0.717) is 11.3 Å². The lowest BCUT2D eigenvalue weighted by Gasteiger charge is -2.05. The molecular formula is C21H23FN2O3S3. The van der Waals surface area contributed by atoms with E-state index in [4.69, 9.17) is 0 Å². The molecule has 0 atom stereocenters. The molecule has 0 fully saturated rings. The first-order chi connectivity index (χ1) is 14.3. The molecule has 9 heteroatoms. The van der Waals surface area contributed by atoms with Crippen LogP contribution in [0.3, 0.4) is 0 Å². The summed E-state index contributed by atoms with van der Waals surface area (Å²) in [6, 6.07) is 10.8. The third-order valence-electron chi connectivity index (χ3n) is 4.65. The fourth-order valence-electron chi connectivity index (χ4n) is 2.97. The summed E-state index contributed by atoms with van der Waals surface area (Å²) in [7, 11) is -3.68. The number of thiazole rings is 1. The maximum Gasteiger partial charge on any atom is 0.249 e. The minimum Gasteiger partial charge on any atom is -0.316 e. The van der Waals surface area contributed by atoms with Crippen LogP contribution in [0.1, 0.15) is 18.9 Å². The topological polar surface area (TPSA) is 68.5 Å². The summed E-state index contributed by atoms with van der Waals surface area (Å²) in [6.07, 6.45) is 2.72. The maximum atomic E-state index is 13.0. The normalized spacial score (nSPS) is 12.6. The average molecular weight is 467 g/mol. The number of rotatable bonds is 8. The second-order valence-electron chi connectivity index (χ2n) is 6.71. The molecule has 3 aromatic rings. The maximum absolute atomic E-state index is 13.0. The molecule has 5 nitrogen and oxygen atoms in total. The van der Waals surface area contributed by atoms with Gasteiger partial charge in [0.25, 0.3) is 0 Å². The average Bonchev–Trinajstić information content (AvgIpc) is 3.07. The number of aromatic nitrogens is 1. The Labute approximate surface area is 183 Å². The van der Waals surface area contributed by atoms with E-state index in [1.807, 2.05) is 16.9 Å². The smallest absolute Gasteiger partial charge is 0.249 e.